The molecule has 0 aromatic heterocycles. The van der Waals surface area contributed by atoms with Crippen LogP contribution in [0.25, 0.3) is 11.1 Å². The molecule has 0 aliphatic heterocycles. The van der Waals surface area contributed by atoms with Crippen molar-refractivity contribution in [3.05, 3.63) is 71.8 Å². The highest BCUT2D eigenvalue weighted by Crippen LogP contribution is 2.44. The fraction of sp³-hybridized carbons (Fsp3) is 0.370. The van der Waals surface area contributed by atoms with Crippen molar-refractivity contribution in [2.24, 2.45) is 5.92 Å². The Morgan fingerprint density at radius 3 is 2.34 bits per heavy atom. The van der Waals surface area contributed by atoms with Crippen LogP contribution in [0, 0.1) is 5.92 Å². The third kappa shape index (κ3) is 5.71. The molecular weight excluding hydrogens is 448 g/mol. The van der Waals surface area contributed by atoms with Crippen molar-refractivity contribution in [1.82, 2.24) is 10.6 Å². The molecule has 8 heteroatoms. The Hall–Kier alpha value is -3.65. The first-order valence-electron chi connectivity index (χ1n) is 11.8. The molecule has 3 N–H and O–H groups in total. The Labute approximate surface area is 204 Å². The van der Waals surface area contributed by atoms with Crippen LogP contribution in [0.1, 0.15) is 36.3 Å². The minimum atomic E-state index is -0.871. The van der Waals surface area contributed by atoms with Crippen molar-refractivity contribution in [2.75, 3.05) is 20.3 Å². The van der Waals surface area contributed by atoms with Crippen molar-refractivity contribution >= 4 is 18.0 Å². The first-order valence-corrected chi connectivity index (χ1v) is 11.8. The summed E-state index contributed by atoms with van der Waals surface area (Å²) in [6.07, 6.45) is 3.30. The van der Waals surface area contributed by atoms with Crippen LogP contribution < -0.4 is 10.6 Å². The molecule has 8 nitrogen and oxygen atoms in total. The van der Waals surface area contributed by atoms with Crippen LogP contribution in [0.4, 0.5) is 4.79 Å². The van der Waals surface area contributed by atoms with Gasteiger partial charge in [0.25, 0.3) is 0 Å². The smallest absolute Gasteiger partial charge is 0.407 e. The number of ether oxygens (including phenoxy) is 2. The molecule has 0 bridgehead atoms. The predicted octanol–water partition coefficient (Wildman–Crippen LogP) is 3.47. The van der Waals surface area contributed by atoms with Gasteiger partial charge in [-0.1, -0.05) is 60.7 Å². The van der Waals surface area contributed by atoms with Gasteiger partial charge in [-0.3, -0.25) is 9.59 Å². The molecule has 0 heterocycles. The van der Waals surface area contributed by atoms with E-state index in [1.807, 2.05) is 24.3 Å². The number of rotatable bonds is 9. The molecule has 4 rings (SSSR count). The monoisotopic (exact) mass is 478 g/mol. The summed E-state index contributed by atoms with van der Waals surface area (Å²) in [7, 11) is 1.42. The Bertz CT molecular complexity index is 1070. The SMILES string of the molecule is COC(CCNC(=O)OCC1c2ccccc2-c2ccccc21)C(=O)N[C@@H]1C=CC[C@@H](C(=O)O)C1. The molecule has 0 fully saturated rings. The van der Waals surface area contributed by atoms with E-state index in [0.717, 1.165) is 22.3 Å². The number of aliphatic carboxylic acids is 1. The second kappa shape index (κ2) is 11.2. The van der Waals surface area contributed by atoms with E-state index in [1.165, 1.54) is 7.11 Å². The first kappa shape index (κ1) is 24.5. The quantitative estimate of drug-likeness (QED) is 0.476. The van der Waals surface area contributed by atoms with Crippen molar-refractivity contribution < 1.29 is 29.0 Å². The summed E-state index contributed by atoms with van der Waals surface area (Å²) in [6.45, 7) is 0.410. The average Bonchev–Trinajstić information content (AvgIpc) is 3.19. The van der Waals surface area contributed by atoms with E-state index in [1.54, 1.807) is 12.2 Å². The molecule has 2 aliphatic carbocycles. The van der Waals surface area contributed by atoms with E-state index in [9.17, 15) is 19.5 Å². The standard InChI is InChI=1S/C27H30N2O6/c1-34-24(25(30)29-18-8-6-7-17(15-18)26(31)32)13-14-28-27(33)35-16-23-21-11-4-2-9-19(21)20-10-3-5-12-22(20)23/h2-6,8-12,17-18,23-24H,7,13-16H2,1H3,(H,28,33)(H,29,30)(H,31,32)/t17-,18-,24?/m1/s1. The van der Waals surface area contributed by atoms with Gasteiger partial charge in [-0.2, -0.15) is 0 Å². The zero-order chi connectivity index (χ0) is 24.8. The van der Waals surface area contributed by atoms with Crippen LogP contribution in [0.2, 0.25) is 0 Å². The van der Waals surface area contributed by atoms with Gasteiger partial charge in [-0.05, 0) is 35.1 Å². The van der Waals surface area contributed by atoms with Crippen molar-refractivity contribution in [2.45, 2.75) is 37.3 Å². The van der Waals surface area contributed by atoms with Gasteiger partial charge in [0, 0.05) is 32.0 Å². The minimum absolute atomic E-state index is 0.0242. The zero-order valence-corrected chi connectivity index (χ0v) is 19.6. The van der Waals surface area contributed by atoms with Gasteiger partial charge < -0.3 is 25.2 Å². The molecule has 0 saturated carbocycles. The maximum atomic E-state index is 12.6. The van der Waals surface area contributed by atoms with Gasteiger partial charge in [0.1, 0.15) is 12.7 Å². The zero-order valence-electron chi connectivity index (χ0n) is 19.6. The van der Waals surface area contributed by atoms with Crippen LogP contribution in [-0.4, -0.2) is 55.5 Å². The van der Waals surface area contributed by atoms with E-state index in [4.69, 9.17) is 9.47 Å². The van der Waals surface area contributed by atoms with Gasteiger partial charge in [0.05, 0.1) is 5.92 Å². The van der Waals surface area contributed by atoms with E-state index < -0.39 is 24.1 Å². The molecule has 2 amide bonds. The molecule has 3 atom stereocenters. The topological polar surface area (TPSA) is 114 Å². The lowest BCUT2D eigenvalue weighted by Crippen LogP contribution is -2.44. The highest BCUT2D eigenvalue weighted by Gasteiger charge is 2.29. The van der Waals surface area contributed by atoms with Crippen LogP contribution in [0.3, 0.4) is 0 Å². The highest BCUT2D eigenvalue weighted by molar-refractivity contribution is 5.82. The Kier molecular flexibility index (Phi) is 7.82. The number of alkyl carbamates (subject to hydrolysis) is 1. The first-order chi connectivity index (χ1) is 17.0. The van der Waals surface area contributed by atoms with Crippen molar-refractivity contribution in [3.8, 4) is 11.1 Å². The summed E-state index contributed by atoms with van der Waals surface area (Å²) in [5.74, 6) is -1.75. The number of carboxylic acids is 1. The minimum Gasteiger partial charge on any atom is -0.481 e. The fourth-order valence-corrected chi connectivity index (χ4v) is 4.78. The number of hydrogen-bond acceptors (Lipinski definition) is 5. The second-order valence-corrected chi connectivity index (χ2v) is 8.82. The maximum Gasteiger partial charge on any atom is 0.407 e. The Morgan fingerprint density at radius 1 is 1.06 bits per heavy atom. The summed E-state index contributed by atoms with van der Waals surface area (Å²) in [5.41, 5.74) is 4.60. The molecule has 2 aromatic carbocycles. The largest absolute Gasteiger partial charge is 0.481 e. The van der Waals surface area contributed by atoms with E-state index in [-0.39, 0.29) is 37.4 Å². The molecule has 0 spiro atoms. The van der Waals surface area contributed by atoms with Gasteiger partial charge >= 0.3 is 12.1 Å². The Balaban J connectivity index is 1.24. The highest BCUT2D eigenvalue weighted by atomic mass is 16.5. The third-order valence-corrected chi connectivity index (χ3v) is 6.60. The number of fused-ring (bicyclic) bond motifs is 3. The van der Waals surface area contributed by atoms with Crippen LogP contribution >= 0.6 is 0 Å². The van der Waals surface area contributed by atoms with Gasteiger partial charge in [-0.25, -0.2) is 4.79 Å². The van der Waals surface area contributed by atoms with Crippen LogP contribution in [-0.2, 0) is 19.1 Å². The maximum absolute atomic E-state index is 12.6. The van der Waals surface area contributed by atoms with E-state index in [2.05, 4.69) is 34.9 Å². The summed E-state index contributed by atoms with van der Waals surface area (Å²) in [5, 5.41) is 14.7. The molecule has 0 saturated heterocycles. The van der Waals surface area contributed by atoms with Crippen molar-refractivity contribution in [1.29, 1.82) is 0 Å². The summed E-state index contributed by atoms with van der Waals surface area (Å²) in [4.78, 5) is 36.1. The molecule has 2 aromatic rings. The lowest BCUT2D eigenvalue weighted by atomic mass is 9.91. The van der Waals surface area contributed by atoms with Gasteiger partial charge in [0.15, 0.2) is 0 Å². The molecule has 2 aliphatic rings. The number of methoxy groups -OCH3 is 1. The molecule has 184 valence electrons. The second-order valence-electron chi connectivity index (χ2n) is 8.82. The van der Waals surface area contributed by atoms with Crippen molar-refractivity contribution in [3.63, 3.8) is 0 Å². The van der Waals surface area contributed by atoms with Gasteiger partial charge in [-0.15, -0.1) is 0 Å². The van der Waals surface area contributed by atoms with E-state index >= 15 is 0 Å². The number of hydrogen-bond donors (Lipinski definition) is 3. The van der Waals surface area contributed by atoms with Crippen LogP contribution in [0.15, 0.2) is 60.7 Å². The summed E-state index contributed by atoms with van der Waals surface area (Å²) >= 11 is 0. The molecule has 35 heavy (non-hydrogen) atoms. The normalized spacial score (nSPS) is 19.3. The lowest BCUT2D eigenvalue weighted by molar-refractivity contribution is -0.142. The van der Waals surface area contributed by atoms with Crippen LogP contribution in [0.5, 0.6) is 0 Å². The van der Waals surface area contributed by atoms with E-state index in [0.29, 0.717) is 12.8 Å². The number of allylic oxidation sites excluding steroid dienone is 1. The predicted molar refractivity (Wildman–Crippen MR) is 130 cm³/mol. The lowest BCUT2D eigenvalue weighted by Gasteiger charge is -2.25. The number of carbonyl (C=O) groups is 3. The number of carbonyl (C=O) groups excluding carboxylic acids is 2. The third-order valence-electron chi connectivity index (χ3n) is 6.60. The average molecular weight is 479 g/mol. The summed E-state index contributed by atoms with van der Waals surface area (Å²) < 4.78 is 10.8. The van der Waals surface area contributed by atoms with Gasteiger partial charge in [0.2, 0.25) is 5.91 Å². The Morgan fingerprint density at radius 2 is 1.71 bits per heavy atom. The number of nitrogens with one attached hydrogen (secondary N) is 2. The molecular formula is C27H30N2O6. The molecule has 1 unspecified atom stereocenters. The molecule has 0 radical (unpaired) electrons. The summed E-state index contributed by atoms with van der Waals surface area (Å²) in [6, 6.07) is 15.9. The number of amides is 2. The number of carboxylic acid groups (broad SMARTS) is 1. The number of benzene rings is 2. The fourth-order valence-electron chi connectivity index (χ4n) is 4.78.